The Labute approximate surface area is 141 Å². The van der Waals surface area contributed by atoms with Crippen LogP contribution < -0.4 is 0 Å². The van der Waals surface area contributed by atoms with E-state index in [1.165, 1.54) is 51.4 Å². The fourth-order valence-corrected chi connectivity index (χ4v) is 7.64. The summed E-state index contributed by atoms with van der Waals surface area (Å²) >= 11 is 0. The van der Waals surface area contributed by atoms with Crippen molar-refractivity contribution < 1.29 is 9.53 Å². The van der Waals surface area contributed by atoms with E-state index in [1.807, 2.05) is 0 Å². The van der Waals surface area contributed by atoms with Gasteiger partial charge in [0.15, 0.2) is 0 Å². The van der Waals surface area contributed by atoms with Gasteiger partial charge in [0.25, 0.3) is 0 Å². The van der Waals surface area contributed by atoms with Gasteiger partial charge in [-0.05, 0) is 92.3 Å². The van der Waals surface area contributed by atoms with Crippen LogP contribution in [0.4, 0.5) is 0 Å². The molecule has 0 aromatic carbocycles. The van der Waals surface area contributed by atoms with Crippen molar-refractivity contribution in [3.8, 4) is 0 Å². The Bertz CT molecular complexity index is 486. The molecule has 4 saturated carbocycles. The molecule has 0 N–H and O–H groups in total. The SMILES string of the molecule is CC(=O)OC1CCC2CCC3C4CCCC4(C)CCC3C2(C)C1. The minimum absolute atomic E-state index is 0.0866. The highest BCUT2D eigenvalue weighted by atomic mass is 16.5. The molecule has 4 aliphatic carbocycles. The lowest BCUT2D eigenvalue weighted by Gasteiger charge is -2.60. The van der Waals surface area contributed by atoms with Gasteiger partial charge < -0.3 is 4.74 Å². The molecule has 0 amide bonds. The third-order valence-electron chi connectivity index (χ3n) is 8.68. The molecule has 7 unspecified atom stereocenters. The molecule has 0 aromatic rings. The first-order valence-electron chi connectivity index (χ1n) is 10.1. The summed E-state index contributed by atoms with van der Waals surface area (Å²) in [6.45, 7) is 6.71. The zero-order valence-electron chi connectivity index (χ0n) is 15.3. The molecular weight excluding hydrogens is 284 g/mol. The van der Waals surface area contributed by atoms with Crippen LogP contribution in [0.1, 0.15) is 85.0 Å². The molecule has 0 spiro atoms. The molecular formula is C21H34O2. The average molecular weight is 319 g/mol. The first kappa shape index (κ1) is 16.0. The maximum Gasteiger partial charge on any atom is 0.302 e. The Morgan fingerprint density at radius 3 is 2.52 bits per heavy atom. The van der Waals surface area contributed by atoms with Crippen LogP contribution in [-0.2, 0) is 9.53 Å². The van der Waals surface area contributed by atoms with E-state index in [0.29, 0.717) is 10.8 Å². The van der Waals surface area contributed by atoms with Crippen LogP contribution in [0.25, 0.3) is 0 Å². The van der Waals surface area contributed by atoms with Crippen LogP contribution in [0.3, 0.4) is 0 Å². The molecule has 2 nitrogen and oxygen atoms in total. The lowest BCUT2D eigenvalue weighted by atomic mass is 9.45. The number of carbonyl (C=O) groups is 1. The van der Waals surface area contributed by atoms with Crippen molar-refractivity contribution in [3.05, 3.63) is 0 Å². The topological polar surface area (TPSA) is 26.3 Å². The third kappa shape index (κ3) is 2.46. The Hall–Kier alpha value is -0.530. The smallest absolute Gasteiger partial charge is 0.302 e. The highest BCUT2D eigenvalue weighted by molar-refractivity contribution is 5.66. The summed E-state index contributed by atoms with van der Waals surface area (Å²) in [6, 6.07) is 0. The van der Waals surface area contributed by atoms with E-state index in [1.54, 1.807) is 6.92 Å². The molecule has 0 aliphatic heterocycles. The van der Waals surface area contributed by atoms with E-state index in [0.717, 1.165) is 36.5 Å². The van der Waals surface area contributed by atoms with Crippen LogP contribution in [-0.4, -0.2) is 12.1 Å². The van der Waals surface area contributed by atoms with Crippen LogP contribution in [0.5, 0.6) is 0 Å². The molecule has 0 heterocycles. The number of carbonyl (C=O) groups excluding carboxylic acids is 1. The molecule has 23 heavy (non-hydrogen) atoms. The van der Waals surface area contributed by atoms with E-state index in [-0.39, 0.29) is 12.1 Å². The largest absolute Gasteiger partial charge is 0.463 e. The first-order valence-corrected chi connectivity index (χ1v) is 10.1. The van der Waals surface area contributed by atoms with E-state index in [9.17, 15) is 4.79 Å². The van der Waals surface area contributed by atoms with Crippen molar-refractivity contribution in [3.63, 3.8) is 0 Å². The monoisotopic (exact) mass is 318 g/mol. The summed E-state index contributed by atoms with van der Waals surface area (Å²) < 4.78 is 5.65. The Morgan fingerprint density at radius 1 is 0.957 bits per heavy atom. The number of rotatable bonds is 1. The van der Waals surface area contributed by atoms with Crippen molar-refractivity contribution in [1.29, 1.82) is 0 Å². The van der Waals surface area contributed by atoms with Gasteiger partial charge in [0.05, 0.1) is 0 Å². The molecule has 130 valence electrons. The van der Waals surface area contributed by atoms with Crippen molar-refractivity contribution >= 4 is 5.97 Å². The molecule has 4 fully saturated rings. The standard InChI is InChI=1S/C21H34O2/c1-14(22)23-16-8-6-15-7-9-17-18-5-4-11-20(18,2)12-10-19(17)21(15,3)13-16/h15-19H,4-13H2,1-3H3. The normalized spacial score (nSPS) is 52.2. The first-order chi connectivity index (χ1) is 10.9. The molecule has 4 aliphatic rings. The number of fused-ring (bicyclic) bond motifs is 5. The number of ether oxygens (including phenoxy) is 1. The van der Waals surface area contributed by atoms with Gasteiger partial charge in [-0.1, -0.05) is 20.3 Å². The molecule has 4 rings (SSSR count). The number of hydrogen-bond donors (Lipinski definition) is 0. The second-order valence-electron chi connectivity index (χ2n) is 9.75. The molecule has 0 aromatic heterocycles. The van der Waals surface area contributed by atoms with Gasteiger partial charge in [-0.25, -0.2) is 0 Å². The fourth-order valence-electron chi connectivity index (χ4n) is 7.64. The molecule has 2 heteroatoms. The Kier molecular flexibility index (Phi) is 3.81. The Balaban J connectivity index is 1.57. The van der Waals surface area contributed by atoms with Gasteiger partial charge >= 0.3 is 5.97 Å². The fraction of sp³-hybridized carbons (Fsp3) is 0.952. The van der Waals surface area contributed by atoms with E-state index < -0.39 is 0 Å². The van der Waals surface area contributed by atoms with Crippen molar-refractivity contribution in [1.82, 2.24) is 0 Å². The maximum absolute atomic E-state index is 11.4. The maximum atomic E-state index is 11.4. The second kappa shape index (κ2) is 5.49. The van der Waals surface area contributed by atoms with Crippen molar-refractivity contribution in [2.75, 3.05) is 0 Å². The molecule has 0 radical (unpaired) electrons. The summed E-state index contributed by atoms with van der Waals surface area (Å²) in [5, 5.41) is 0. The Morgan fingerprint density at radius 2 is 1.74 bits per heavy atom. The predicted octanol–water partition coefficient (Wildman–Crippen LogP) is 5.35. The quantitative estimate of drug-likeness (QED) is 0.609. The van der Waals surface area contributed by atoms with Gasteiger partial charge in [0.2, 0.25) is 0 Å². The summed E-state index contributed by atoms with van der Waals surface area (Å²) in [5.41, 5.74) is 1.07. The molecule has 0 saturated heterocycles. The average Bonchev–Trinajstić information content (AvgIpc) is 2.87. The van der Waals surface area contributed by atoms with Gasteiger partial charge in [-0.15, -0.1) is 0 Å². The second-order valence-corrected chi connectivity index (χ2v) is 9.75. The summed E-state index contributed by atoms with van der Waals surface area (Å²) in [4.78, 5) is 11.4. The lowest BCUT2D eigenvalue weighted by Crippen LogP contribution is -2.53. The number of esters is 1. The van der Waals surface area contributed by atoms with Gasteiger partial charge in [-0.3, -0.25) is 4.79 Å². The van der Waals surface area contributed by atoms with Crippen molar-refractivity contribution in [2.24, 2.45) is 34.5 Å². The lowest BCUT2D eigenvalue weighted by molar-refractivity contribution is -0.161. The zero-order chi connectivity index (χ0) is 16.2. The minimum atomic E-state index is -0.0866. The van der Waals surface area contributed by atoms with E-state index in [2.05, 4.69) is 13.8 Å². The van der Waals surface area contributed by atoms with E-state index >= 15 is 0 Å². The van der Waals surface area contributed by atoms with Crippen molar-refractivity contribution in [2.45, 2.75) is 91.1 Å². The summed E-state index contributed by atoms with van der Waals surface area (Å²) in [6.07, 6.45) is 13.9. The highest BCUT2D eigenvalue weighted by Gasteiger charge is 2.58. The summed E-state index contributed by atoms with van der Waals surface area (Å²) in [7, 11) is 0. The van der Waals surface area contributed by atoms with Crippen LogP contribution in [0.15, 0.2) is 0 Å². The molecule has 0 bridgehead atoms. The van der Waals surface area contributed by atoms with Gasteiger partial charge in [0.1, 0.15) is 6.10 Å². The third-order valence-corrected chi connectivity index (χ3v) is 8.68. The summed E-state index contributed by atoms with van der Waals surface area (Å²) in [5.74, 6) is 3.61. The zero-order valence-corrected chi connectivity index (χ0v) is 15.3. The highest BCUT2D eigenvalue weighted by Crippen LogP contribution is 2.66. The minimum Gasteiger partial charge on any atom is -0.463 e. The van der Waals surface area contributed by atoms with Crippen LogP contribution >= 0.6 is 0 Å². The van der Waals surface area contributed by atoms with Crippen LogP contribution in [0.2, 0.25) is 0 Å². The molecule has 7 atom stereocenters. The predicted molar refractivity (Wildman–Crippen MR) is 91.9 cm³/mol. The number of hydrogen-bond acceptors (Lipinski definition) is 2. The van der Waals surface area contributed by atoms with Gasteiger partial charge in [-0.2, -0.15) is 0 Å². The van der Waals surface area contributed by atoms with Crippen LogP contribution in [0, 0.1) is 34.5 Å². The van der Waals surface area contributed by atoms with Gasteiger partial charge in [0, 0.05) is 6.92 Å². The van der Waals surface area contributed by atoms with E-state index in [4.69, 9.17) is 4.74 Å².